The summed E-state index contributed by atoms with van der Waals surface area (Å²) in [6, 6.07) is 7.15. The van der Waals surface area contributed by atoms with Crippen molar-refractivity contribution >= 4 is 11.7 Å². The van der Waals surface area contributed by atoms with Crippen molar-refractivity contribution in [3.05, 3.63) is 46.8 Å². The molecular formula is C18H25N3O3. The van der Waals surface area contributed by atoms with Crippen LogP contribution in [0.25, 0.3) is 0 Å². The summed E-state index contributed by atoms with van der Waals surface area (Å²) in [4.78, 5) is 12.2. The van der Waals surface area contributed by atoms with Gasteiger partial charge in [-0.25, -0.2) is 4.79 Å². The zero-order valence-electron chi connectivity index (χ0n) is 14.8. The van der Waals surface area contributed by atoms with Gasteiger partial charge < -0.3 is 19.9 Å². The summed E-state index contributed by atoms with van der Waals surface area (Å²) < 4.78 is 10.7. The molecule has 24 heavy (non-hydrogen) atoms. The molecule has 0 fully saturated rings. The maximum atomic E-state index is 12.2. The highest BCUT2D eigenvalue weighted by atomic mass is 16.5. The fraction of sp³-hybridized carbons (Fsp3) is 0.444. The minimum Gasteiger partial charge on any atom is -0.374 e. The number of nitrogens with zero attached hydrogens (tertiary/aromatic N) is 1. The fourth-order valence-corrected chi connectivity index (χ4v) is 2.55. The van der Waals surface area contributed by atoms with Crippen LogP contribution in [-0.4, -0.2) is 17.3 Å². The summed E-state index contributed by atoms with van der Waals surface area (Å²) in [5, 5.41) is 9.66. The number of aryl methyl sites for hydroxylation is 2. The molecule has 2 amide bonds. The highest BCUT2D eigenvalue weighted by molar-refractivity contribution is 5.89. The molecule has 0 aliphatic rings. The molecule has 2 N–H and O–H groups in total. The summed E-state index contributed by atoms with van der Waals surface area (Å²) in [6.45, 7) is 10.1. The molecule has 130 valence electrons. The molecule has 1 heterocycles. The van der Waals surface area contributed by atoms with E-state index in [9.17, 15) is 4.79 Å². The lowest BCUT2D eigenvalue weighted by Crippen LogP contribution is -2.31. The van der Waals surface area contributed by atoms with E-state index in [0.29, 0.717) is 12.4 Å². The van der Waals surface area contributed by atoms with E-state index in [0.717, 1.165) is 22.5 Å². The lowest BCUT2D eigenvalue weighted by Gasteiger charge is -2.15. The van der Waals surface area contributed by atoms with Crippen molar-refractivity contribution in [1.82, 2.24) is 10.5 Å². The SMILES string of the molecule is Cc1noc(C)c1[C@H](C)NC(=O)Nc1cccc(COC(C)C)c1. The number of carbonyl (C=O) groups is 1. The molecule has 1 aromatic carbocycles. The summed E-state index contributed by atoms with van der Waals surface area (Å²) in [7, 11) is 0. The Kier molecular flexibility index (Phi) is 5.98. The Morgan fingerprint density at radius 3 is 2.67 bits per heavy atom. The van der Waals surface area contributed by atoms with Crippen LogP contribution in [0.4, 0.5) is 10.5 Å². The van der Waals surface area contributed by atoms with Gasteiger partial charge in [0, 0.05) is 11.3 Å². The smallest absolute Gasteiger partial charge is 0.319 e. The first-order valence-electron chi connectivity index (χ1n) is 8.07. The van der Waals surface area contributed by atoms with Crippen molar-refractivity contribution in [2.24, 2.45) is 0 Å². The normalized spacial score (nSPS) is 12.2. The van der Waals surface area contributed by atoms with Gasteiger partial charge >= 0.3 is 6.03 Å². The fourth-order valence-electron chi connectivity index (χ4n) is 2.55. The molecule has 0 unspecified atom stereocenters. The Hall–Kier alpha value is -2.34. The standard InChI is InChI=1S/C18H25N3O3/c1-11(2)23-10-15-7-6-8-16(9-15)20-18(22)19-12(3)17-13(4)21-24-14(17)5/h6-9,11-12H,10H2,1-5H3,(H2,19,20,22)/t12-/m0/s1. The van der Waals surface area contributed by atoms with Crippen molar-refractivity contribution in [1.29, 1.82) is 0 Å². The zero-order valence-corrected chi connectivity index (χ0v) is 14.8. The number of nitrogens with one attached hydrogen (secondary N) is 2. The second kappa shape index (κ2) is 7.97. The van der Waals surface area contributed by atoms with Crippen molar-refractivity contribution in [3.63, 3.8) is 0 Å². The average molecular weight is 331 g/mol. The van der Waals surface area contributed by atoms with Crippen LogP contribution in [0.1, 0.15) is 49.4 Å². The predicted molar refractivity (Wildman–Crippen MR) is 92.9 cm³/mol. The molecule has 0 aliphatic carbocycles. The largest absolute Gasteiger partial charge is 0.374 e. The molecule has 0 bridgehead atoms. The number of rotatable bonds is 6. The lowest BCUT2D eigenvalue weighted by atomic mass is 10.1. The minimum absolute atomic E-state index is 0.167. The van der Waals surface area contributed by atoms with Crippen LogP contribution in [0.3, 0.4) is 0 Å². The summed E-state index contributed by atoms with van der Waals surface area (Å²) in [5.74, 6) is 0.716. The molecule has 2 rings (SSSR count). The maximum absolute atomic E-state index is 12.2. The van der Waals surface area contributed by atoms with Gasteiger partial charge in [0.2, 0.25) is 0 Å². The lowest BCUT2D eigenvalue weighted by molar-refractivity contribution is 0.0657. The van der Waals surface area contributed by atoms with Crippen LogP contribution in [0.5, 0.6) is 0 Å². The van der Waals surface area contributed by atoms with Crippen molar-refractivity contribution < 1.29 is 14.1 Å². The maximum Gasteiger partial charge on any atom is 0.319 e. The van der Waals surface area contributed by atoms with Crippen molar-refractivity contribution in [2.45, 2.75) is 53.4 Å². The molecule has 6 heteroatoms. The molecule has 2 aromatic rings. The number of aromatic nitrogens is 1. The quantitative estimate of drug-likeness (QED) is 0.835. The first-order chi connectivity index (χ1) is 11.4. The Bertz CT molecular complexity index is 675. The molecule has 0 aliphatic heterocycles. The van der Waals surface area contributed by atoms with Gasteiger partial charge in [0.15, 0.2) is 0 Å². The van der Waals surface area contributed by atoms with E-state index < -0.39 is 0 Å². The van der Waals surface area contributed by atoms with E-state index in [-0.39, 0.29) is 18.2 Å². The minimum atomic E-state index is -0.274. The van der Waals surface area contributed by atoms with E-state index in [1.54, 1.807) is 0 Å². The molecule has 1 aromatic heterocycles. The monoisotopic (exact) mass is 331 g/mol. The molecule has 0 saturated carbocycles. The topological polar surface area (TPSA) is 76.4 Å². The van der Waals surface area contributed by atoms with Crippen LogP contribution < -0.4 is 10.6 Å². The van der Waals surface area contributed by atoms with E-state index in [4.69, 9.17) is 9.26 Å². The number of anilines is 1. The van der Waals surface area contributed by atoms with Crippen LogP contribution in [-0.2, 0) is 11.3 Å². The van der Waals surface area contributed by atoms with E-state index in [1.807, 2.05) is 58.9 Å². The molecule has 1 atom stereocenters. The highest BCUT2D eigenvalue weighted by Crippen LogP contribution is 2.21. The molecule has 0 saturated heterocycles. The number of ether oxygens (including phenoxy) is 1. The van der Waals surface area contributed by atoms with Gasteiger partial charge in [-0.3, -0.25) is 0 Å². The summed E-state index contributed by atoms with van der Waals surface area (Å²) in [5.41, 5.74) is 3.43. The van der Waals surface area contributed by atoms with Gasteiger partial charge in [-0.1, -0.05) is 17.3 Å². The highest BCUT2D eigenvalue weighted by Gasteiger charge is 2.18. The van der Waals surface area contributed by atoms with Crippen molar-refractivity contribution in [3.8, 4) is 0 Å². The molecular weight excluding hydrogens is 306 g/mol. The van der Waals surface area contributed by atoms with Gasteiger partial charge in [-0.2, -0.15) is 0 Å². The first kappa shape index (κ1) is 18.0. The van der Waals surface area contributed by atoms with Crippen LogP contribution in [0.15, 0.2) is 28.8 Å². The average Bonchev–Trinajstić information content (AvgIpc) is 2.84. The Balaban J connectivity index is 1.96. The first-order valence-corrected chi connectivity index (χ1v) is 8.07. The zero-order chi connectivity index (χ0) is 17.7. The summed E-state index contributed by atoms with van der Waals surface area (Å²) in [6.07, 6.45) is 0.167. The second-order valence-electron chi connectivity index (χ2n) is 6.12. The van der Waals surface area contributed by atoms with E-state index in [2.05, 4.69) is 15.8 Å². The molecule has 0 radical (unpaired) electrons. The van der Waals surface area contributed by atoms with Gasteiger partial charge in [0.05, 0.1) is 24.4 Å². The third-order valence-corrected chi connectivity index (χ3v) is 3.64. The van der Waals surface area contributed by atoms with Gasteiger partial charge in [-0.15, -0.1) is 0 Å². The molecule has 0 spiro atoms. The van der Waals surface area contributed by atoms with Crippen LogP contribution in [0, 0.1) is 13.8 Å². The number of benzene rings is 1. The Morgan fingerprint density at radius 1 is 1.29 bits per heavy atom. The van der Waals surface area contributed by atoms with Crippen molar-refractivity contribution in [2.75, 3.05) is 5.32 Å². The third kappa shape index (κ3) is 4.83. The second-order valence-corrected chi connectivity index (χ2v) is 6.12. The number of urea groups is 1. The number of amides is 2. The van der Waals surface area contributed by atoms with Crippen LogP contribution in [0.2, 0.25) is 0 Å². The number of carbonyl (C=O) groups excluding carboxylic acids is 1. The summed E-state index contributed by atoms with van der Waals surface area (Å²) >= 11 is 0. The number of hydrogen-bond acceptors (Lipinski definition) is 4. The number of hydrogen-bond donors (Lipinski definition) is 2. The van der Waals surface area contributed by atoms with Gasteiger partial charge in [0.25, 0.3) is 0 Å². The van der Waals surface area contributed by atoms with Crippen LogP contribution >= 0.6 is 0 Å². The van der Waals surface area contributed by atoms with Gasteiger partial charge in [0.1, 0.15) is 5.76 Å². The molecule has 6 nitrogen and oxygen atoms in total. The Morgan fingerprint density at radius 2 is 2.04 bits per heavy atom. The third-order valence-electron chi connectivity index (χ3n) is 3.64. The van der Waals surface area contributed by atoms with E-state index >= 15 is 0 Å². The Labute approximate surface area is 142 Å². The predicted octanol–water partition coefficient (Wildman–Crippen LogP) is 4.10. The van der Waals surface area contributed by atoms with E-state index in [1.165, 1.54) is 0 Å². The van der Waals surface area contributed by atoms with Gasteiger partial charge in [-0.05, 0) is 52.3 Å².